The average molecular weight is 420 g/mol. The molecule has 25 heavy (non-hydrogen) atoms. The fraction of sp³-hybridized carbons (Fsp3) is 0.333. The van der Waals surface area contributed by atoms with Crippen LogP contribution in [0, 0.1) is 5.41 Å². The number of hydrogen-bond donors (Lipinski definition) is 2. The third-order valence-corrected chi connectivity index (χ3v) is 6.92. The summed E-state index contributed by atoms with van der Waals surface area (Å²) >= 11 is 5.08. The molecule has 2 aromatic rings. The van der Waals surface area contributed by atoms with Gasteiger partial charge in [-0.15, -0.1) is 11.3 Å². The number of amides is 1. The Hall–Kier alpha value is -1.86. The Labute approximate surface area is 158 Å². The number of rotatable bonds is 2. The van der Waals surface area contributed by atoms with Crippen LogP contribution in [0.25, 0.3) is 0 Å². The van der Waals surface area contributed by atoms with Gasteiger partial charge in [0.05, 0.1) is 18.1 Å². The summed E-state index contributed by atoms with van der Waals surface area (Å²) in [4.78, 5) is 15.5. The molecule has 0 spiro atoms. The fourth-order valence-corrected chi connectivity index (χ4v) is 5.18. The van der Waals surface area contributed by atoms with Gasteiger partial charge in [-0.05, 0) is 46.1 Å². The number of carbonyl (C=O) groups excluding carboxylic acids is 1. The second-order valence-electron chi connectivity index (χ2n) is 6.60. The van der Waals surface area contributed by atoms with Crippen molar-refractivity contribution in [2.75, 3.05) is 13.7 Å². The minimum Gasteiger partial charge on any atom is -0.493 e. The van der Waals surface area contributed by atoms with Crippen molar-refractivity contribution in [3.63, 3.8) is 0 Å². The van der Waals surface area contributed by atoms with Gasteiger partial charge in [0, 0.05) is 28.2 Å². The molecular formula is C18H18BrN3O2S. The summed E-state index contributed by atoms with van der Waals surface area (Å²) in [6.45, 7) is 2.69. The zero-order chi connectivity index (χ0) is 17.8. The minimum absolute atomic E-state index is 0.0744. The lowest BCUT2D eigenvalue weighted by Crippen LogP contribution is -2.62. The van der Waals surface area contributed by atoms with Gasteiger partial charge in [-0.1, -0.05) is 12.1 Å². The second kappa shape index (κ2) is 5.85. The van der Waals surface area contributed by atoms with E-state index in [1.165, 1.54) is 4.90 Å². The SMILES string of the molecule is CN1C(=N)N[C@](C)(c2cc(Br)cs2)C(c2ccc3c(c2)CCO3)C1=O. The molecule has 0 saturated carbocycles. The maximum atomic E-state index is 13.1. The van der Waals surface area contributed by atoms with Crippen LogP contribution in [-0.2, 0) is 16.8 Å². The highest BCUT2D eigenvalue weighted by molar-refractivity contribution is 9.10. The van der Waals surface area contributed by atoms with Gasteiger partial charge in [0.15, 0.2) is 5.96 Å². The first kappa shape index (κ1) is 16.6. The molecule has 1 fully saturated rings. The molecule has 1 saturated heterocycles. The van der Waals surface area contributed by atoms with Crippen molar-refractivity contribution in [1.29, 1.82) is 5.41 Å². The molecule has 2 atom stereocenters. The van der Waals surface area contributed by atoms with Gasteiger partial charge < -0.3 is 10.1 Å². The number of nitrogens with one attached hydrogen (secondary N) is 2. The summed E-state index contributed by atoms with van der Waals surface area (Å²) in [5, 5.41) is 13.4. The number of carbonyl (C=O) groups is 1. The van der Waals surface area contributed by atoms with E-state index in [9.17, 15) is 4.79 Å². The Bertz CT molecular complexity index is 881. The number of guanidine groups is 1. The van der Waals surface area contributed by atoms with Crippen LogP contribution in [0.5, 0.6) is 5.75 Å². The van der Waals surface area contributed by atoms with E-state index in [1.54, 1.807) is 18.4 Å². The molecule has 1 aromatic carbocycles. The number of ether oxygens (including phenoxy) is 1. The molecule has 0 bridgehead atoms. The smallest absolute Gasteiger partial charge is 0.239 e. The number of thiophene rings is 1. The van der Waals surface area contributed by atoms with Crippen LogP contribution < -0.4 is 10.1 Å². The monoisotopic (exact) mass is 419 g/mol. The second-order valence-corrected chi connectivity index (χ2v) is 8.43. The van der Waals surface area contributed by atoms with Crippen molar-refractivity contribution in [3.05, 3.63) is 50.1 Å². The third kappa shape index (κ3) is 2.57. The van der Waals surface area contributed by atoms with E-state index in [0.717, 1.165) is 32.6 Å². The maximum Gasteiger partial charge on any atom is 0.239 e. The molecular weight excluding hydrogens is 402 g/mol. The standard InChI is InChI=1S/C18H18BrN3O2S/c1-18(14-8-12(19)9-25-14)15(16(23)22(2)17(20)21-18)11-3-4-13-10(7-11)5-6-24-13/h3-4,7-9,15H,5-6H2,1-2H3,(H2,20,21)/t15?,18-/m1/s1. The molecule has 2 aliphatic rings. The van der Waals surface area contributed by atoms with Crippen molar-refractivity contribution in [1.82, 2.24) is 10.2 Å². The van der Waals surface area contributed by atoms with Gasteiger partial charge in [0.25, 0.3) is 0 Å². The molecule has 1 aromatic heterocycles. The quantitative estimate of drug-likeness (QED) is 0.783. The molecule has 5 nitrogen and oxygen atoms in total. The van der Waals surface area contributed by atoms with Crippen LogP contribution >= 0.6 is 27.3 Å². The zero-order valence-corrected chi connectivity index (χ0v) is 16.3. The molecule has 0 aliphatic carbocycles. The highest BCUT2D eigenvalue weighted by Crippen LogP contribution is 2.44. The minimum atomic E-state index is -0.676. The summed E-state index contributed by atoms with van der Waals surface area (Å²) in [5.41, 5.74) is 1.42. The summed E-state index contributed by atoms with van der Waals surface area (Å²) in [6, 6.07) is 8.02. The zero-order valence-electron chi connectivity index (χ0n) is 13.9. The summed E-state index contributed by atoms with van der Waals surface area (Å²) in [6.07, 6.45) is 0.866. The molecule has 1 amide bonds. The van der Waals surface area contributed by atoms with Crippen molar-refractivity contribution in [3.8, 4) is 5.75 Å². The van der Waals surface area contributed by atoms with Crippen LogP contribution in [0.2, 0.25) is 0 Å². The predicted molar refractivity (Wildman–Crippen MR) is 101 cm³/mol. The summed E-state index contributed by atoms with van der Waals surface area (Å²) in [7, 11) is 1.64. The molecule has 4 rings (SSSR count). The van der Waals surface area contributed by atoms with E-state index < -0.39 is 11.5 Å². The molecule has 130 valence electrons. The molecule has 2 aliphatic heterocycles. The van der Waals surface area contributed by atoms with E-state index in [-0.39, 0.29) is 11.9 Å². The van der Waals surface area contributed by atoms with Crippen LogP contribution in [0.1, 0.15) is 28.8 Å². The first-order chi connectivity index (χ1) is 11.9. The van der Waals surface area contributed by atoms with Gasteiger partial charge >= 0.3 is 0 Å². The summed E-state index contributed by atoms with van der Waals surface area (Å²) < 4.78 is 6.58. The first-order valence-electron chi connectivity index (χ1n) is 8.04. The Kier molecular flexibility index (Phi) is 3.88. The predicted octanol–water partition coefficient (Wildman–Crippen LogP) is 3.44. The Morgan fingerprint density at radius 2 is 2.24 bits per heavy atom. The van der Waals surface area contributed by atoms with E-state index in [2.05, 4.69) is 27.3 Å². The van der Waals surface area contributed by atoms with Crippen molar-refractivity contribution < 1.29 is 9.53 Å². The van der Waals surface area contributed by atoms with E-state index >= 15 is 0 Å². The number of benzene rings is 1. The Balaban J connectivity index is 1.85. The van der Waals surface area contributed by atoms with Gasteiger partial charge in [0.2, 0.25) is 5.91 Å². The maximum absolute atomic E-state index is 13.1. The van der Waals surface area contributed by atoms with Crippen molar-refractivity contribution >= 4 is 39.1 Å². The van der Waals surface area contributed by atoms with Gasteiger partial charge in [-0.3, -0.25) is 15.1 Å². The van der Waals surface area contributed by atoms with Crippen molar-refractivity contribution in [2.24, 2.45) is 0 Å². The highest BCUT2D eigenvalue weighted by Gasteiger charge is 2.49. The van der Waals surface area contributed by atoms with Gasteiger partial charge in [-0.25, -0.2) is 0 Å². The lowest BCUT2D eigenvalue weighted by atomic mass is 9.76. The fourth-order valence-electron chi connectivity index (χ4n) is 3.60. The van der Waals surface area contributed by atoms with Crippen molar-refractivity contribution in [2.45, 2.75) is 24.8 Å². The van der Waals surface area contributed by atoms with Crippen LogP contribution in [0.3, 0.4) is 0 Å². The normalized spacial score (nSPS) is 25.6. The van der Waals surface area contributed by atoms with Gasteiger partial charge in [0.1, 0.15) is 5.75 Å². The van der Waals surface area contributed by atoms with Crippen LogP contribution in [0.4, 0.5) is 0 Å². The lowest BCUT2D eigenvalue weighted by Gasteiger charge is -2.45. The number of fused-ring (bicyclic) bond motifs is 1. The number of likely N-dealkylation sites (N-methyl/N-ethyl adjacent to an activating group) is 1. The molecule has 1 unspecified atom stereocenters. The topological polar surface area (TPSA) is 65.4 Å². The Morgan fingerprint density at radius 3 is 2.96 bits per heavy atom. The van der Waals surface area contributed by atoms with E-state index in [1.807, 2.05) is 30.5 Å². The molecule has 7 heteroatoms. The molecule has 0 radical (unpaired) electrons. The summed E-state index contributed by atoms with van der Waals surface area (Å²) in [5.74, 6) is 0.539. The number of nitrogens with zero attached hydrogens (tertiary/aromatic N) is 1. The third-order valence-electron chi connectivity index (χ3n) is 4.99. The number of hydrogen-bond acceptors (Lipinski definition) is 4. The number of halogens is 1. The van der Waals surface area contributed by atoms with E-state index in [4.69, 9.17) is 10.1 Å². The highest BCUT2D eigenvalue weighted by atomic mass is 79.9. The Morgan fingerprint density at radius 1 is 1.44 bits per heavy atom. The van der Waals surface area contributed by atoms with Crippen LogP contribution in [0.15, 0.2) is 34.1 Å². The van der Waals surface area contributed by atoms with Crippen LogP contribution in [-0.4, -0.2) is 30.4 Å². The first-order valence-corrected chi connectivity index (χ1v) is 9.72. The molecule has 2 N–H and O–H groups in total. The molecule has 3 heterocycles. The lowest BCUT2D eigenvalue weighted by molar-refractivity contribution is -0.131. The van der Waals surface area contributed by atoms with E-state index in [0.29, 0.717) is 6.61 Å². The largest absolute Gasteiger partial charge is 0.493 e. The average Bonchev–Trinajstić information content (AvgIpc) is 3.21. The van der Waals surface area contributed by atoms with Gasteiger partial charge in [-0.2, -0.15) is 0 Å².